The number of rotatable bonds is 6. The lowest BCUT2D eigenvalue weighted by Crippen LogP contribution is -2.36. The Morgan fingerprint density at radius 2 is 2.07 bits per heavy atom. The fourth-order valence-electron chi connectivity index (χ4n) is 2.76. The zero-order valence-corrected chi connectivity index (χ0v) is 18.3. The standard InChI is InChI=1S/C18H15Cl2NO4S3/c19-11-1-3-14(15(20)7-11)16-4-2-13(25-16)8-17(27-10-26)18(22)21-12-5-6-28(23,24)9-12/h1-4,7-8,10,12H,5-6,9H2,(H,21,22)/b17-8-. The lowest BCUT2D eigenvalue weighted by atomic mass is 10.2. The van der Waals surface area contributed by atoms with Crippen LogP contribution in [0.15, 0.2) is 39.7 Å². The van der Waals surface area contributed by atoms with E-state index in [-0.39, 0.29) is 11.5 Å². The lowest BCUT2D eigenvalue weighted by Gasteiger charge is -2.11. The number of amides is 1. The van der Waals surface area contributed by atoms with Crippen LogP contribution in [0, 0.1) is 0 Å². The van der Waals surface area contributed by atoms with Crippen molar-refractivity contribution in [2.24, 2.45) is 0 Å². The van der Waals surface area contributed by atoms with Crippen LogP contribution in [0.5, 0.6) is 0 Å². The van der Waals surface area contributed by atoms with Crippen LogP contribution in [0.4, 0.5) is 0 Å². The fourth-order valence-corrected chi connectivity index (χ4v) is 5.70. The van der Waals surface area contributed by atoms with Crippen molar-refractivity contribution in [2.45, 2.75) is 12.5 Å². The van der Waals surface area contributed by atoms with E-state index in [1.165, 1.54) is 4.70 Å². The first-order valence-corrected chi connectivity index (χ1v) is 12.1. The molecule has 1 aromatic heterocycles. The minimum atomic E-state index is -3.08. The van der Waals surface area contributed by atoms with E-state index in [0.717, 1.165) is 11.8 Å². The summed E-state index contributed by atoms with van der Waals surface area (Å²) in [6.07, 6.45) is 1.96. The number of thioether (sulfide) groups is 1. The molecule has 0 spiro atoms. The first-order valence-electron chi connectivity index (χ1n) is 8.16. The third-order valence-corrected chi connectivity index (χ3v) is 7.32. The summed E-state index contributed by atoms with van der Waals surface area (Å²) in [5, 5.41) is 3.71. The highest BCUT2D eigenvalue weighted by molar-refractivity contribution is 8.24. The molecule has 1 unspecified atom stereocenters. The number of benzene rings is 1. The molecule has 1 aliphatic heterocycles. The van der Waals surface area contributed by atoms with Crippen molar-refractivity contribution < 1.29 is 17.6 Å². The molecule has 28 heavy (non-hydrogen) atoms. The Morgan fingerprint density at radius 3 is 2.71 bits per heavy atom. The minimum Gasteiger partial charge on any atom is -0.457 e. The van der Waals surface area contributed by atoms with Gasteiger partial charge >= 0.3 is 0 Å². The summed E-state index contributed by atoms with van der Waals surface area (Å²) in [6.45, 7) is 0. The van der Waals surface area contributed by atoms with Crippen molar-refractivity contribution in [2.75, 3.05) is 11.5 Å². The Morgan fingerprint density at radius 1 is 1.29 bits per heavy atom. The summed E-state index contributed by atoms with van der Waals surface area (Å²) in [5.74, 6) is 0.613. The molecule has 5 nitrogen and oxygen atoms in total. The van der Waals surface area contributed by atoms with Gasteiger partial charge in [-0.1, -0.05) is 47.2 Å². The Bertz CT molecular complexity index is 1050. The van der Waals surface area contributed by atoms with Gasteiger partial charge in [0.1, 0.15) is 11.5 Å². The number of carbonyl (C=O) groups is 1. The van der Waals surface area contributed by atoms with Gasteiger partial charge in [-0.2, -0.15) is 0 Å². The largest absolute Gasteiger partial charge is 0.457 e. The highest BCUT2D eigenvalue weighted by atomic mass is 35.5. The monoisotopic (exact) mass is 475 g/mol. The maximum Gasteiger partial charge on any atom is 0.258 e. The SMILES string of the molecule is O=C(NC1CCS(=O)(=O)C1)/C(=C/c1ccc(-c2ccc(Cl)cc2Cl)o1)SC=S. The Hall–Kier alpha value is -1.32. The lowest BCUT2D eigenvalue weighted by molar-refractivity contribution is -0.117. The van der Waals surface area contributed by atoms with E-state index in [4.69, 9.17) is 39.8 Å². The van der Waals surface area contributed by atoms with Gasteiger partial charge in [-0.3, -0.25) is 4.79 Å². The summed E-state index contributed by atoms with van der Waals surface area (Å²) < 4.78 is 30.3. The van der Waals surface area contributed by atoms with Crippen LogP contribution in [0.25, 0.3) is 17.4 Å². The molecule has 148 valence electrons. The zero-order valence-electron chi connectivity index (χ0n) is 14.4. The van der Waals surface area contributed by atoms with Crippen LogP contribution < -0.4 is 5.32 Å². The molecule has 1 atom stereocenters. The van der Waals surface area contributed by atoms with Crippen molar-refractivity contribution in [1.29, 1.82) is 0 Å². The number of halogens is 2. The summed E-state index contributed by atoms with van der Waals surface area (Å²) in [7, 11) is -3.08. The Balaban J connectivity index is 1.79. The topological polar surface area (TPSA) is 76.4 Å². The maximum atomic E-state index is 12.5. The highest BCUT2D eigenvalue weighted by Gasteiger charge is 2.29. The fraction of sp³-hybridized carbons (Fsp3) is 0.222. The van der Waals surface area contributed by atoms with Crippen LogP contribution in [-0.4, -0.2) is 36.6 Å². The minimum absolute atomic E-state index is 0.0474. The van der Waals surface area contributed by atoms with E-state index in [2.05, 4.69) is 5.32 Å². The van der Waals surface area contributed by atoms with Crippen molar-refractivity contribution >= 4 is 73.7 Å². The second-order valence-corrected chi connectivity index (χ2v) is 10.6. The number of sulfone groups is 1. The molecule has 2 aromatic rings. The molecular formula is C18H15Cl2NO4S3. The first kappa shape index (κ1) is 21.4. The highest BCUT2D eigenvalue weighted by Crippen LogP contribution is 2.32. The predicted molar refractivity (Wildman–Crippen MR) is 119 cm³/mol. The van der Waals surface area contributed by atoms with Gasteiger partial charge in [0.25, 0.3) is 5.91 Å². The molecule has 10 heteroatoms. The molecule has 3 rings (SSSR count). The van der Waals surface area contributed by atoms with E-state index >= 15 is 0 Å². The third kappa shape index (κ3) is 5.39. The summed E-state index contributed by atoms with van der Waals surface area (Å²) in [5.41, 5.74) is 0.676. The van der Waals surface area contributed by atoms with Gasteiger partial charge in [0.05, 0.1) is 21.4 Å². The molecule has 0 saturated carbocycles. The molecular weight excluding hydrogens is 461 g/mol. The number of hydrogen-bond donors (Lipinski definition) is 1. The molecule has 1 amide bonds. The van der Waals surface area contributed by atoms with Crippen LogP contribution in [-0.2, 0) is 14.6 Å². The van der Waals surface area contributed by atoms with Gasteiger partial charge in [0.15, 0.2) is 9.84 Å². The smallest absolute Gasteiger partial charge is 0.258 e. The summed E-state index contributed by atoms with van der Waals surface area (Å²) in [4.78, 5) is 12.8. The van der Waals surface area contributed by atoms with Gasteiger partial charge in [-0.15, -0.1) is 0 Å². The number of hydrogen-bond acceptors (Lipinski definition) is 6. The summed E-state index contributed by atoms with van der Waals surface area (Å²) >= 11 is 18.0. The Labute approximate surface area is 182 Å². The molecule has 0 aliphatic carbocycles. The normalized spacial score (nSPS) is 18.8. The van der Waals surface area contributed by atoms with E-state index in [1.807, 2.05) is 0 Å². The average Bonchev–Trinajstić information content (AvgIpc) is 3.20. The van der Waals surface area contributed by atoms with Crippen LogP contribution >= 0.6 is 47.2 Å². The molecule has 0 radical (unpaired) electrons. The molecule has 1 fully saturated rings. The predicted octanol–water partition coefficient (Wildman–Crippen LogP) is 4.59. The van der Waals surface area contributed by atoms with Crippen molar-refractivity contribution in [1.82, 2.24) is 5.32 Å². The second kappa shape index (κ2) is 9.00. The molecule has 1 aromatic carbocycles. The Kier molecular flexibility index (Phi) is 6.88. The van der Waals surface area contributed by atoms with Crippen LogP contribution in [0.3, 0.4) is 0 Å². The van der Waals surface area contributed by atoms with E-state index in [9.17, 15) is 13.2 Å². The van der Waals surface area contributed by atoms with Crippen molar-refractivity contribution in [3.63, 3.8) is 0 Å². The van der Waals surface area contributed by atoms with Gasteiger partial charge in [0.2, 0.25) is 0 Å². The van der Waals surface area contributed by atoms with Crippen LogP contribution in [0.2, 0.25) is 10.0 Å². The summed E-state index contributed by atoms with van der Waals surface area (Å²) in [6, 6.07) is 8.12. The van der Waals surface area contributed by atoms with E-state index < -0.39 is 21.8 Å². The molecule has 1 aliphatic rings. The maximum absolute atomic E-state index is 12.5. The quantitative estimate of drug-likeness (QED) is 0.486. The number of furan rings is 1. The zero-order chi connectivity index (χ0) is 20.3. The molecule has 2 heterocycles. The molecule has 0 bridgehead atoms. The van der Waals surface area contributed by atoms with Crippen molar-refractivity contribution in [3.05, 3.63) is 51.0 Å². The van der Waals surface area contributed by atoms with Gasteiger partial charge in [0, 0.05) is 27.4 Å². The first-order chi connectivity index (χ1) is 13.3. The molecule has 1 N–H and O–H groups in total. The number of carbonyl (C=O) groups excluding carboxylic acids is 1. The van der Waals surface area contributed by atoms with Crippen molar-refractivity contribution in [3.8, 4) is 11.3 Å². The van der Waals surface area contributed by atoms with E-state index in [1.54, 1.807) is 36.4 Å². The van der Waals surface area contributed by atoms with Gasteiger partial charge < -0.3 is 9.73 Å². The van der Waals surface area contributed by atoms with Gasteiger partial charge in [-0.25, -0.2) is 8.42 Å². The van der Waals surface area contributed by atoms with E-state index in [0.29, 0.717) is 38.5 Å². The number of nitrogens with one attached hydrogen (secondary N) is 1. The average molecular weight is 476 g/mol. The third-order valence-electron chi connectivity index (χ3n) is 4.06. The second-order valence-electron chi connectivity index (χ2n) is 6.12. The number of thiocarbonyl (C=S) groups is 1. The van der Waals surface area contributed by atoms with Gasteiger partial charge in [-0.05, 0) is 36.8 Å². The van der Waals surface area contributed by atoms with Crippen LogP contribution in [0.1, 0.15) is 12.2 Å². The molecule has 1 saturated heterocycles.